The summed E-state index contributed by atoms with van der Waals surface area (Å²) in [6, 6.07) is 9.70. The van der Waals surface area contributed by atoms with Gasteiger partial charge >= 0.3 is 0 Å². The van der Waals surface area contributed by atoms with Crippen molar-refractivity contribution in [3.63, 3.8) is 0 Å². The molecule has 4 heteroatoms. The zero-order valence-corrected chi connectivity index (χ0v) is 10.0. The van der Waals surface area contributed by atoms with Gasteiger partial charge in [0, 0.05) is 12.8 Å². The standard InChI is InChI=1S/C12H19N3O/c1-12(2,16-3)9-14-11(13)15-10-7-5-4-6-8-10/h4-8H,9H2,1-3H3,(H3,13,14,15). The molecule has 1 rings (SSSR count). The third-order valence-corrected chi connectivity index (χ3v) is 2.23. The molecule has 0 radical (unpaired) electrons. The quantitative estimate of drug-likeness (QED) is 0.602. The summed E-state index contributed by atoms with van der Waals surface area (Å²) in [6.45, 7) is 4.45. The first-order valence-electron chi connectivity index (χ1n) is 5.21. The number of anilines is 1. The third-order valence-electron chi connectivity index (χ3n) is 2.23. The van der Waals surface area contributed by atoms with Crippen LogP contribution in [0.3, 0.4) is 0 Å². The van der Waals surface area contributed by atoms with E-state index < -0.39 is 0 Å². The maximum atomic E-state index is 5.75. The van der Waals surface area contributed by atoms with Crippen molar-refractivity contribution in [2.45, 2.75) is 19.4 Å². The van der Waals surface area contributed by atoms with Gasteiger partial charge in [-0.05, 0) is 26.0 Å². The van der Waals surface area contributed by atoms with Gasteiger partial charge in [-0.3, -0.25) is 4.99 Å². The molecule has 0 atom stereocenters. The molecule has 88 valence electrons. The van der Waals surface area contributed by atoms with Crippen LogP contribution in [0, 0.1) is 0 Å². The van der Waals surface area contributed by atoms with Gasteiger partial charge in [-0.15, -0.1) is 0 Å². The van der Waals surface area contributed by atoms with Gasteiger partial charge in [-0.2, -0.15) is 0 Å². The van der Waals surface area contributed by atoms with Crippen molar-refractivity contribution in [3.8, 4) is 0 Å². The highest BCUT2D eigenvalue weighted by Crippen LogP contribution is 2.08. The monoisotopic (exact) mass is 221 g/mol. The molecule has 16 heavy (non-hydrogen) atoms. The summed E-state index contributed by atoms with van der Waals surface area (Å²) in [4.78, 5) is 4.22. The van der Waals surface area contributed by atoms with Gasteiger partial charge in [0.05, 0.1) is 12.1 Å². The number of rotatable bonds is 4. The molecule has 0 aliphatic carbocycles. The van der Waals surface area contributed by atoms with E-state index in [-0.39, 0.29) is 5.60 Å². The highest BCUT2D eigenvalue weighted by atomic mass is 16.5. The van der Waals surface area contributed by atoms with Crippen LogP contribution in [0.1, 0.15) is 13.8 Å². The molecule has 0 unspecified atom stereocenters. The number of ether oxygens (including phenoxy) is 1. The second-order valence-electron chi connectivity index (χ2n) is 4.16. The molecule has 0 aromatic heterocycles. The highest BCUT2D eigenvalue weighted by Gasteiger charge is 2.15. The van der Waals surface area contributed by atoms with Gasteiger partial charge in [0.25, 0.3) is 0 Å². The fraction of sp³-hybridized carbons (Fsp3) is 0.417. The fourth-order valence-corrected chi connectivity index (χ4v) is 1.05. The molecule has 0 saturated carbocycles. The third kappa shape index (κ3) is 4.31. The van der Waals surface area contributed by atoms with Crippen molar-refractivity contribution >= 4 is 11.6 Å². The highest BCUT2D eigenvalue weighted by molar-refractivity contribution is 5.92. The smallest absolute Gasteiger partial charge is 0.193 e. The number of benzene rings is 1. The Morgan fingerprint density at radius 2 is 2.00 bits per heavy atom. The predicted molar refractivity (Wildman–Crippen MR) is 67.6 cm³/mol. The van der Waals surface area contributed by atoms with E-state index in [4.69, 9.17) is 10.5 Å². The van der Waals surface area contributed by atoms with Gasteiger partial charge in [0.15, 0.2) is 5.96 Å². The molecule has 3 N–H and O–H groups in total. The molecule has 0 fully saturated rings. The van der Waals surface area contributed by atoms with E-state index in [1.165, 1.54) is 0 Å². The zero-order chi connectivity index (χ0) is 12.0. The van der Waals surface area contributed by atoms with Crippen LogP contribution in [-0.2, 0) is 4.74 Å². The summed E-state index contributed by atoms with van der Waals surface area (Å²) >= 11 is 0. The van der Waals surface area contributed by atoms with Crippen LogP contribution in [0.15, 0.2) is 35.3 Å². The van der Waals surface area contributed by atoms with Gasteiger partial charge in [0.2, 0.25) is 0 Å². The second kappa shape index (κ2) is 5.51. The molecule has 0 saturated heterocycles. The van der Waals surface area contributed by atoms with Crippen LogP contribution in [0.2, 0.25) is 0 Å². The first-order valence-corrected chi connectivity index (χ1v) is 5.21. The summed E-state index contributed by atoms with van der Waals surface area (Å²) in [6.07, 6.45) is 0. The first-order chi connectivity index (χ1) is 7.53. The van der Waals surface area contributed by atoms with Crippen LogP contribution in [0.5, 0.6) is 0 Å². The summed E-state index contributed by atoms with van der Waals surface area (Å²) in [7, 11) is 1.66. The lowest BCUT2D eigenvalue weighted by Crippen LogP contribution is -2.30. The molecular formula is C12H19N3O. The number of nitrogens with one attached hydrogen (secondary N) is 1. The van der Waals surface area contributed by atoms with Gasteiger partial charge in [-0.1, -0.05) is 18.2 Å². The molecule has 0 aliphatic heterocycles. The van der Waals surface area contributed by atoms with Crippen LogP contribution in [0.25, 0.3) is 0 Å². The molecule has 0 spiro atoms. The van der Waals surface area contributed by atoms with Crippen molar-refractivity contribution < 1.29 is 4.74 Å². The SMILES string of the molecule is COC(C)(C)CN=C(N)Nc1ccccc1. The van der Waals surface area contributed by atoms with Crippen LogP contribution >= 0.6 is 0 Å². The average molecular weight is 221 g/mol. The molecular weight excluding hydrogens is 202 g/mol. The molecule has 1 aromatic rings. The van der Waals surface area contributed by atoms with Crippen molar-refractivity contribution in [3.05, 3.63) is 30.3 Å². The number of methoxy groups -OCH3 is 1. The lowest BCUT2D eigenvalue weighted by molar-refractivity contribution is 0.0312. The van der Waals surface area contributed by atoms with E-state index in [9.17, 15) is 0 Å². The molecule has 4 nitrogen and oxygen atoms in total. The molecule has 0 heterocycles. The van der Waals surface area contributed by atoms with Crippen LogP contribution in [-0.4, -0.2) is 25.2 Å². The number of aliphatic imine (C=N–C) groups is 1. The minimum atomic E-state index is -0.289. The fourth-order valence-electron chi connectivity index (χ4n) is 1.05. The maximum absolute atomic E-state index is 5.75. The van der Waals surface area contributed by atoms with E-state index in [1.54, 1.807) is 7.11 Å². The van der Waals surface area contributed by atoms with Crippen molar-refractivity contribution in [1.29, 1.82) is 0 Å². The summed E-state index contributed by atoms with van der Waals surface area (Å²) in [5.74, 6) is 0.399. The minimum absolute atomic E-state index is 0.289. The predicted octanol–water partition coefficient (Wildman–Crippen LogP) is 1.84. The Morgan fingerprint density at radius 3 is 2.56 bits per heavy atom. The average Bonchev–Trinajstić information content (AvgIpc) is 2.28. The number of hydrogen-bond donors (Lipinski definition) is 2. The Hall–Kier alpha value is -1.55. The van der Waals surface area contributed by atoms with E-state index in [2.05, 4.69) is 10.3 Å². The van der Waals surface area contributed by atoms with Gasteiger partial charge in [0.1, 0.15) is 0 Å². The van der Waals surface area contributed by atoms with Gasteiger partial charge < -0.3 is 15.8 Å². The van der Waals surface area contributed by atoms with E-state index in [1.807, 2.05) is 44.2 Å². The van der Waals surface area contributed by atoms with Crippen molar-refractivity contribution in [2.24, 2.45) is 10.7 Å². The number of nitrogens with two attached hydrogens (primary N) is 1. The normalized spacial score (nSPS) is 12.6. The Morgan fingerprint density at radius 1 is 1.38 bits per heavy atom. The molecule has 0 amide bonds. The maximum Gasteiger partial charge on any atom is 0.193 e. The Labute approximate surface area is 96.5 Å². The number of para-hydroxylation sites is 1. The van der Waals surface area contributed by atoms with Crippen molar-refractivity contribution in [1.82, 2.24) is 0 Å². The lowest BCUT2D eigenvalue weighted by atomic mass is 10.1. The minimum Gasteiger partial charge on any atom is -0.377 e. The summed E-state index contributed by atoms with van der Waals surface area (Å²) < 4.78 is 5.25. The number of nitrogens with zero attached hydrogens (tertiary/aromatic N) is 1. The largest absolute Gasteiger partial charge is 0.377 e. The molecule has 1 aromatic carbocycles. The Bertz CT molecular complexity index is 347. The zero-order valence-electron chi connectivity index (χ0n) is 10.0. The topological polar surface area (TPSA) is 59.6 Å². The second-order valence-corrected chi connectivity index (χ2v) is 4.16. The Kier molecular flexibility index (Phi) is 4.31. The van der Waals surface area contributed by atoms with E-state index in [0.717, 1.165) is 5.69 Å². The van der Waals surface area contributed by atoms with E-state index >= 15 is 0 Å². The Balaban J connectivity index is 2.53. The van der Waals surface area contributed by atoms with Gasteiger partial charge in [-0.25, -0.2) is 0 Å². The molecule has 0 bridgehead atoms. The van der Waals surface area contributed by atoms with Crippen LogP contribution < -0.4 is 11.1 Å². The molecule has 0 aliphatic rings. The van der Waals surface area contributed by atoms with Crippen molar-refractivity contribution in [2.75, 3.05) is 19.0 Å². The number of guanidine groups is 1. The van der Waals surface area contributed by atoms with E-state index in [0.29, 0.717) is 12.5 Å². The summed E-state index contributed by atoms with van der Waals surface area (Å²) in [5.41, 5.74) is 6.39. The number of hydrogen-bond acceptors (Lipinski definition) is 2. The summed E-state index contributed by atoms with van der Waals surface area (Å²) in [5, 5.41) is 3.01. The van der Waals surface area contributed by atoms with Crippen LogP contribution in [0.4, 0.5) is 5.69 Å². The lowest BCUT2D eigenvalue weighted by Gasteiger charge is -2.20. The first kappa shape index (κ1) is 12.5.